The van der Waals surface area contributed by atoms with E-state index in [1.54, 1.807) is 17.5 Å². The Balaban J connectivity index is 1.58. The molecule has 1 saturated carbocycles. The van der Waals surface area contributed by atoms with E-state index in [0.717, 1.165) is 43.0 Å². The number of pyridine rings is 1. The lowest BCUT2D eigenvalue weighted by molar-refractivity contribution is 0.189. The van der Waals surface area contributed by atoms with Crippen LogP contribution in [0.4, 0.5) is 5.69 Å². The van der Waals surface area contributed by atoms with E-state index in [0.29, 0.717) is 29.5 Å². The standard InChI is InChI=1S/C24H31N5O2/c1-17(18(2)19-4-5-19)14-21(25-3)22-15-24(31)29-16-20(6-7-23(29)26-22)28-10-8-27(9-11-28)12-13-30/h6-7,14-16,19,30H,2,4-5,8-13H2,1,3H3/b17-14+,25-21?. The van der Waals surface area contributed by atoms with Crippen molar-refractivity contribution in [1.82, 2.24) is 14.3 Å². The zero-order valence-corrected chi connectivity index (χ0v) is 18.4. The Morgan fingerprint density at radius 1 is 1.29 bits per heavy atom. The lowest BCUT2D eigenvalue weighted by Gasteiger charge is -2.35. The Morgan fingerprint density at radius 2 is 2.03 bits per heavy atom. The molecule has 0 atom stereocenters. The summed E-state index contributed by atoms with van der Waals surface area (Å²) < 4.78 is 1.60. The van der Waals surface area contributed by atoms with Crippen LogP contribution in [0, 0.1) is 5.92 Å². The smallest absolute Gasteiger partial charge is 0.258 e. The van der Waals surface area contributed by atoms with E-state index < -0.39 is 0 Å². The molecule has 0 unspecified atom stereocenters. The van der Waals surface area contributed by atoms with Gasteiger partial charge in [-0.3, -0.25) is 19.1 Å². The Labute approximate surface area is 183 Å². The van der Waals surface area contributed by atoms with Gasteiger partial charge in [0.2, 0.25) is 0 Å². The molecule has 7 nitrogen and oxygen atoms in total. The van der Waals surface area contributed by atoms with Gasteiger partial charge in [0.1, 0.15) is 5.65 Å². The van der Waals surface area contributed by atoms with Crippen molar-refractivity contribution in [1.29, 1.82) is 0 Å². The summed E-state index contributed by atoms with van der Waals surface area (Å²) >= 11 is 0. The van der Waals surface area contributed by atoms with Crippen LogP contribution < -0.4 is 10.5 Å². The number of aromatic nitrogens is 2. The number of aliphatic imine (C=N–C) groups is 1. The minimum atomic E-state index is -0.117. The van der Waals surface area contributed by atoms with Crippen molar-refractivity contribution in [3.05, 3.63) is 64.2 Å². The molecule has 31 heavy (non-hydrogen) atoms. The van der Waals surface area contributed by atoms with Gasteiger partial charge in [-0.15, -0.1) is 0 Å². The van der Waals surface area contributed by atoms with E-state index in [9.17, 15) is 4.79 Å². The fraction of sp³-hybridized carbons (Fsp3) is 0.458. The average molecular weight is 422 g/mol. The molecule has 1 aliphatic heterocycles. The number of anilines is 1. The number of piperazine rings is 1. The Bertz CT molecular complexity index is 1090. The fourth-order valence-electron chi connectivity index (χ4n) is 4.09. The lowest BCUT2D eigenvalue weighted by Crippen LogP contribution is -2.47. The van der Waals surface area contributed by atoms with Gasteiger partial charge in [0.15, 0.2) is 0 Å². The number of hydrogen-bond donors (Lipinski definition) is 1. The maximum absolute atomic E-state index is 12.9. The number of nitrogens with zero attached hydrogens (tertiary/aromatic N) is 5. The number of β-amino-alcohol motifs (C(OH)–C–C–N with tert-alkyl or cyclic N) is 1. The summed E-state index contributed by atoms with van der Waals surface area (Å²) in [6.45, 7) is 10.7. The quantitative estimate of drug-likeness (QED) is 0.548. The average Bonchev–Trinajstić information content (AvgIpc) is 3.63. The second-order valence-corrected chi connectivity index (χ2v) is 8.38. The predicted octanol–water partition coefficient (Wildman–Crippen LogP) is 2.14. The summed E-state index contributed by atoms with van der Waals surface area (Å²) in [6.07, 6.45) is 6.27. The van der Waals surface area contributed by atoms with Gasteiger partial charge in [-0.05, 0) is 55.0 Å². The Kier molecular flexibility index (Phi) is 6.34. The molecular weight excluding hydrogens is 390 g/mol. The topological polar surface area (TPSA) is 73.4 Å². The summed E-state index contributed by atoms with van der Waals surface area (Å²) in [7, 11) is 1.72. The molecule has 2 aliphatic rings. The summed E-state index contributed by atoms with van der Waals surface area (Å²) in [6, 6.07) is 5.47. The van der Waals surface area contributed by atoms with Gasteiger partial charge in [-0.25, -0.2) is 4.98 Å². The maximum Gasteiger partial charge on any atom is 0.258 e. The summed E-state index contributed by atoms with van der Waals surface area (Å²) in [5, 5.41) is 9.12. The van der Waals surface area contributed by atoms with Crippen LogP contribution in [0.1, 0.15) is 25.5 Å². The molecule has 4 rings (SSSR count). The molecule has 0 aromatic carbocycles. The van der Waals surface area contributed by atoms with Crippen LogP contribution in [-0.4, -0.2) is 71.5 Å². The summed E-state index contributed by atoms with van der Waals surface area (Å²) in [5.74, 6) is 0.591. The first-order chi connectivity index (χ1) is 15.0. The van der Waals surface area contributed by atoms with Crippen LogP contribution in [0.3, 0.4) is 0 Å². The van der Waals surface area contributed by atoms with Crippen molar-refractivity contribution in [2.75, 3.05) is 51.3 Å². The number of allylic oxidation sites excluding steroid dienone is 3. The van der Waals surface area contributed by atoms with Crippen LogP contribution in [0.5, 0.6) is 0 Å². The van der Waals surface area contributed by atoms with Crippen LogP contribution in [-0.2, 0) is 0 Å². The first kappa shape index (κ1) is 21.5. The van der Waals surface area contributed by atoms with E-state index in [1.165, 1.54) is 12.8 Å². The van der Waals surface area contributed by atoms with Crippen molar-refractivity contribution in [2.24, 2.45) is 10.9 Å². The molecule has 7 heteroatoms. The molecule has 3 heterocycles. The Hall–Kier alpha value is -2.77. The molecule has 0 spiro atoms. The fourth-order valence-corrected chi connectivity index (χ4v) is 4.09. The first-order valence-electron chi connectivity index (χ1n) is 11.0. The highest BCUT2D eigenvalue weighted by Gasteiger charge is 2.25. The number of rotatable bonds is 7. The van der Waals surface area contributed by atoms with E-state index in [2.05, 4.69) is 21.4 Å². The van der Waals surface area contributed by atoms with Gasteiger partial charge in [-0.1, -0.05) is 6.58 Å². The Morgan fingerprint density at radius 3 is 2.68 bits per heavy atom. The van der Waals surface area contributed by atoms with Gasteiger partial charge in [0, 0.05) is 52.0 Å². The molecule has 0 bridgehead atoms. The molecular formula is C24H31N5O2. The van der Waals surface area contributed by atoms with Crippen molar-refractivity contribution < 1.29 is 5.11 Å². The van der Waals surface area contributed by atoms with Crippen LogP contribution in [0.15, 0.2) is 58.0 Å². The minimum absolute atomic E-state index is 0.117. The highest BCUT2D eigenvalue weighted by molar-refractivity contribution is 6.08. The van der Waals surface area contributed by atoms with Gasteiger partial charge in [0.25, 0.3) is 5.56 Å². The van der Waals surface area contributed by atoms with Crippen molar-refractivity contribution >= 4 is 17.0 Å². The second-order valence-electron chi connectivity index (χ2n) is 8.38. The van der Waals surface area contributed by atoms with Crippen LogP contribution >= 0.6 is 0 Å². The van der Waals surface area contributed by atoms with E-state index in [1.807, 2.05) is 31.3 Å². The number of aliphatic hydroxyl groups is 1. The molecule has 1 N–H and O–H groups in total. The zero-order valence-electron chi connectivity index (χ0n) is 18.4. The van der Waals surface area contributed by atoms with Crippen LogP contribution in [0.25, 0.3) is 5.65 Å². The number of aliphatic hydroxyl groups excluding tert-OH is 1. The largest absolute Gasteiger partial charge is 0.395 e. The second kappa shape index (κ2) is 9.16. The van der Waals surface area contributed by atoms with Gasteiger partial charge in [-0.2, -0.15) is 0 Å². The molecule has 2 aromatic rings. The van der Waals surface area contributed by atoms with Gasteiger partial charge < -0.3 is 10.0 Å². The maximum atomic E-state index is 12.9. The predicted molar refractivity (Wildman–Crippen MR) is 125 cm³/mol. The SMILES string of the molecule is C=C(/C(C)=C/C(=NC)c1cc(=O)n2cc(N3CCN(CCO)CC3)ccc2n1)C1CC1. The third-order valence-corrected chi connectivity index (χ3v) is 6.23. The van der Waals surface area contributed by atoms with Crippen molar-refractivity contribution in [2.45, 2.75) is 19.8 Å². The van der Waals surface area contributed by atoms with Crippen molar-refractivity contribution in [3.63, 3.8) is 0 Å². The summed E-state index contributed by atoms with van der Waals surface area (Å²) in [5.41, 5.74) is 5.04. The number of hydrogen-bond acceptors (Lipinski definition) is 6. The lowest BCUT2D eigenvalue weighted by atomic mass is 10.0. The van der Waals surface area contributed by atoms with E-state index >= 15 is 0 Å². The monoisotopic (exact) mass is 421 g/mol. The van der Waals surface area contributed by atoms with E-state index in [-0.39, 0.29) is 12.2 Å². The van der Waals surface area contributed by atoms with Gasteiger partial charge >= 0.3 is 0 Å². The summed E-state index contributed by atoms with van der Waals surface area (Å²) in [4.78, 5) is 26.5. The molecule has 2 aromatic heterocycles. The third kappa shape index (κ3) is 4.78. The molecule has 0 radical (unpaired) electrons. The zero-order chi connectivity index (χ0) is 22.0. The highest BCUT2D eigenvalue weighted by Crippen LogP contribution is 2.38. The molecule has 164 valence electrons. The van der Waals surface area contributed by atoms with Gasteiger partial charge in [0.05, 0.1) is 23.7 Å². The molecule has 1 aliphatic carbocycles. The molecule has 2 fully saturated rings. The highest BCUT2D eigenvalue weighted by atomic mass is 16.3. The van der Waals surface area contributed by atoms with Crippen LogP contribution in [0.2, 0.25) is 0 Å². The normalized spacial score (nSPS) is 18.6. The molecule has 1 saturated heterocycles. The minimum Gasteiger partial charge on any atom is -0.395 e. The first-order valence-corrected chi connectivity index (χ1v) is 11.0. The molecule has 0 amide bonds. The van der Waals surface area contributed by atoms with E-state index in [4.69, 9.17) is 10.1 Å². The number of fused-ring (bicyclic) bond motifs is 1. The van der Waals surface area contributed by atoms with Crippen molar-refractivity contribution in [3.8, 4) is 0 Å². The third-order valence-electron chi connectivity index (χ3n) is 6.23.